The molecule has 14 heavy (non-hydrogen) atoms. The van der Waals surface area contributed by atoms with Crippen molar-refractivity contribution in [1.29, 1.82) is 0 Å². The van der Waals surface area contributed by atoms with Crippen molar-refractivity contribution in [2.75, 3.05) is 6.61 Å². The molecule has 5 heteroatoms. The summed E-state index contributed by atoms with van der Waals surface area (Å²) in [5.74, 6) is -0.469. The number of aromatic nitrogens is 1. The van der Waals surface area contributed by atoms with Gasteiger partial charge >= 0.3 is 0 Å². The minimum atomic E-state index is -0.469. The molecule has 0 saturated carbocycles. The number of hydrogen-bond donors (Lipinski definition) is 1. The van der Waals surface area contributed by atoms with Crippen molar-refractivity contribution in [3.8, 4) is 0 Å². The Kier molecular flexibility index (Phi) is 2.79. The Bertz CT molecular complexity index is 331. The van der Waals surface area contributed by atoms with E-state index >= 15 is 0 Å². The molecule has 0 spiro atoms. The largest absolute Gasteiger partial charge is 0.371 e. The minimum Gasteiger partial charge on any atom is -0.371 e. The molecule has 1 amide bonds. The van der Waals surface area contributed by atoms with Crippen LogP contribution in [0.4, 0.5) is 0 Å². The molecule has 0 radical (unpaired) electrons. The first-order chi connectivity index (χ1) is 6.77. The normalized spacial score (nSPS) is 22.1. The number of thiazole rings is 1. The van der Waals surface area contributed by atoms with Gasteiger partial charge in [-0.05, 0) is 19.3 Å². The maximum atomic E-state index is 10.8. The van der Waals surface area contributed by atoms with Gasteiger partial charge in [0, 0.05) is 12.0 Å². The Labute approximate surface area is 86.1 Å². The van der Waals surface area contributed by atoms with Crippen molar-refractivity contribution in [3.05, 3.63) is 16.1 Å². The fourth-order valence-corrected chi connectivity index (χ4v) is 2.37. The molecule has 1 fully saturated rings. The number of hydrogen-bond acceptors (Lipinski definition) is 4. The molecule has 1 aliphatic heterocycles. The second kappa shape index (κ2) is 4.06. The zero-order valence-electron chi connectivity index (χ0n) is 7.73. The second-order valence-electron chi connectivity index (χ2n) is 3.29. The average Bonchev–Trinajstić information content (AvgIpc) is 2.68. The van der Waals surface area contributed by atoms with E-state index in [0.29, 0.717) is 5.69 Å². The van der Waals surface area contributed by atoms with E-state index in [1.165, 1.54) is 11.3 Å². The predicted octanol–water partition coefficient (Wildman–Crippen LogP) is 1.48. The Balaban J connectivity index is 2.11. The number of nitrogens with zero attached hydrogens (tertiary/aromatic N) is 1. The Morgan fingerprint density at radius 3 is 3.07 bits per heavy atom. The standard InChI is InChI=1S/C9H12N2O2S/c10-8(12)6-5-14-9(11-6)7-3-1-2-4-13-7/h5,7H,1-4H2,(H2,10,12). The highest BCUT2D eigenvalue weighted by Crippen LogP contribution is 2.29. The van der Waals surface area contributed by atoms with Crippen molar-refractivity contribution in [2.24, 2.45) is 5.73 Å². The molecule has 1 aromatic heterocycles. The predicted molar refractivity (Wildman–Crippen MR) is 53.2 cm³/mol. The van der Waals surface area contributed by atoms with Gasteiger partial charge in [-0.3, -0.25) is 4.79 Å². The molecule has 2 N–H and O–H groups in total. The van der Waals surface area contributed by atoms with Gasteiger partial charge in [-0.25, -0.2) is 4.98 Å². The first-order valence-corrected chi connectivity index (χ1v) is 5.52. The molecule has 1 aliphatic rings. The first-order valence-electron chi connectivity index (χ1n) is 4.64. The molecule has 0 bridgehead atoms. The van der Waals surface area contributed by atoms with Crippen molar-refractivity contribution >= 4 is 17.2 Å². The van der Waals surface area contributed by atoms with Crippen LogP contribution in [0.5, 0.6) is 0 Å². The lowest BCUT2D eigenvalue weighted by Gasteiger charge is -2.20. The lowest BCUT2D eigenvalue weighted by molar-refractivity contribution is 0.0148. The number of carbonyl (C=O) groups excluding carboxylic acids is 1. The third-order valence-corrected chi connectivity index (χ3v) is 3.17. The Morgan fingerprint density at radius 1 is 1.64 bits per heavy atom. The fourth-order valence-electron chi connectivity index (χ4n) is 1.48. The van der Waals surface area contributed by atoms with Crippen LogP contribution in [-0.2, 0) is 4.74 Å². The summed E-state index contributed by atoms with van der Waals surface area (Å²) < 4.78 is 5.55. The number of carbonyl (C=O) groups is 1. The van der Waals surface area contributed by atoms with Crippen LogP contribution in [0.3, 0.4) is 0 Å². The lowest BCUT2D eigenvalue weighted by atomic mass is 10.1. The summed E-state index contributed by atoms with van der Waals surface area (Å²) in [4.78, 5) is 15.0. The van der Waals surface area contributed by atoms with Gasteiger partial charge in [-0.2, -0.15) is 0 Å². The van der Waals surface area contributed by atoms with Gasteiger partial charge in [0.2, 0.25) is 0 Å². The smallest absolute Gasteiger partial charge is 0.268 e. The molecule has 1 aromatic rings. The zero-order chi connectivity index (χ0) is 9.97. The highest BCUT2D eigenvalue weighted by atomic mass is 32.1. The molecule has 1 unspecified atom stereocenters. The SMILES string of the molecule is NC(=O)c1csc(C2CCCCO2)n1. The van der Waals surface area contributed by atoms with Crippen LogP contribution < -0.4 is 5.73 Å². The molecule has 1 atom stereocenters. The summed E-state index contributed by atoms with van der Waals surface area (Å²) in [5, 5.41) is 2.56. The molecule has 2 rings (SSSR count). The van der Waals surface area contributed by atoms with Crippen LogP contribution in [-0.4, -0.2) is 17.5 Å². The number of primary amides is 1. The van der Waals surface area contributed by atoms with E-state index < -0.39 is 5.91 Å². The van der Waals surface area contributed by atoms with Gasteiger partial charge in [0.25, 0.3) is 5.91 Å². The summed E-state index contributed by atoms with van der Waals surface area (Å²) in [7, 11) is 0. The van der Waals surface area contributed by atoms with E-state index in [-0.39, 0.29) is 6.10 Å². The van der Waals surface area contributed by atoms with Crippen molar-refractivity contribution in [1.82, 2.24) is 4.98 Å². The summed E-state index contributed by atoms with van der Waals surface area (Å²) in [5.41, 5.74) is 5.47. The maximum absolute atomic E-state index is 10.8. The van der Waals surface area contributed by atoms with Crippen LogP contribution >= 0.6 is 11.3 Å². The highest BCUT2D eigenvalue weighted by molar-refractivity contribution is 7.09. The number of rotatable bonds is 2. The van der Waals surface area contributed by atoms with Gasteiger partial charge in [-0.15, -0.1) is 11.3 Å². The molecule has 0 aromatic carbocycles. The topological polar surface area (TPSA) is 65.2 Å². The summed E-state index contributed by atoms with van der Waals surface area (Å²) >= 11 is 1.45. The summed E-state index contributed by atoms with van der Waals surface area (Å²) in [6.45, 7) is 0.788. The van der Waals surface area contributed by atoms with E-state index in [0.717, 1.165) is 30.9 Å². The van der Waals surface area contributed by atoms with E-state index in [9.17, 15) is 4.79 Å². The van der Waals surface area contributed by atoms with Gasteiger partial charge in [0.05, 0.1) is 0 Å². The average molecular weight is 212 g/mol. The van der Waals surface area contributed by atoms with Gasteiger partial charge in [0.1, 0.15) is 16.8 Å². The van der Waals surface area contributed by atoms with E-state index in [2.05, 4.69) is 4.98 Å². The maximum Gasteiger partial charge on any atom is 0.268 e. The van der Waals surface area contributed by atoms with Gasteiger partial charge in [-0.1, -0.05) is 0 Å². The molecule has 76 valence electrons. The molecule has 2 heterocycles. The number of nitrogens with two attached hydrogens (primary N) is 1. The molecule has 0 aliphatic carbocycles. The van der Waals surface area contributed by atoms with Gasteiger partial charge < -0.3 is 10.5 Å². The monoisotopic (exact) mass is 212 g/mol. The van der Waals surface area contributed by atoms with Crippen LogP contribution in [0, 0.1) is 0 Å². The van der Waals surface area contributed by atoms with E-state index in [4.69, 9.17) is 10.5 Å². The lowest BCUT2D eigenvalue weighted by Crippen LogP contribution is -2.14. The van der Waals surface area contributed by atoms with Crippen molar-refractivity contribution < 1.29 is 9.53 Å². The van der Waals surface area contributed by atoms with Crippen LogP contribution in [0.1, 0.15) is 40.9 Å². The fraction of sp³-hybridized carbons (Fsp3) is 0.556. The molecular weight excluding hydrogens is 200 g/mol. The quantitative estimate of drug-likeness (QED) is 0.807. The van der Waals surface area contributed by atoms with E-state index in [1.807, 2.05) is 0 Å². The Hall–Kier alpha value is -0.940. The highest BCUT2D eigenvalue weighted by Gasteiger charge is 2.20. The van der Waals surface area contributed by atoms with Crippen molar-refractivity contribution in [2.45, 2.75) is 25.4 Å². The third kappa shape index (κ3) is 1.93. The Morgan fingerprint density at radius 2 is 2.50 bits per heavy atom. The van der Waals surface area contributed by atoms with Crippen molar-refractivity contribution in [3.63, 3.8) is 0 Å². The summed E-state index contributed by atoms with van der Waals surface area (Å²) in [6, 6.07) is 0. The minimum absolute atomic E-state index is 0.0712. The number of ether oxygens (including phenoxy) is 1. The van der Waals surface area contributed by atoms with Crippen LogP contribution in [0.25, 0.3) is 0 Å². The zero-order valence-corrected chi connectivity index (χ0v) is 8.55. The van der Waals surface area contributed by atoms with Crippen LogP contribution in [0.15, 0.2) is 5.38 Å². The second-order valence-corrected chi connectivity index (χ2v) is 4.18. The van der Waals surface area contributed by atoms with Gasteiger partial charge in [0.15, 0.2) is 0 Å². The molecule has 4 nitrogen and oxygen atoms in total. The number of amides is 1. The molecule has 1 saturated heterocycles. The third-order valence-electron chi connectivity index (χ3n) is 2.23. The molecular formula is C9H12N2O2S. The van der Waals surface area contributed by atoms with Crippen LogP contribution in [0.2, 0.25) is 0 Å². The summed E-state index contributed by atoms with van der Waals surface area (Å²) in [6.07, 6.45) is 3.34. The van der Waals surface area contributed by atoms with E-state index in [1.54, 1.807) is 5.38 Å². The first kappa shape index (κ1) is 9.61.